The summed E-state index contributed by atoms with van der Waals surface area (Å²) >= 11 is 0. The molecule has 1 unspecified atom stereocenters. The predicted octanol–water partition coefficient (Wildman–Crippen LogP) is 2.32. The SMILES string of the molecule is C=C(C)CCC(N)Cc1ccc(OC)nc1. The van der Waals surface area contributed by atoms with Crippen molar-refractivity contribution in [3.63, 3.8) is 0 Å². The van der Waals surface area contributed by atoms with Gasteiger partial charge in [0.1, 0.15) is 0 Å². The number of allylic oxidation sites excluding steroid dienone is 1. The van der Waals surface area contributed by atoms with Gasteiger partial charge in [-0.2, -0.15) is 0 Å². The number of hydrogen-bond donors (Lipinski definition) is 1. The van der Waals surface area contributed by atoms with E-state index in [0.717, 1.165) is 24.8 Å². The average molecular weight is 220 g/mol. The van der Waals surface area contributed by atoms with Crippen LogP contribution in [0.1, 0.15) is 25.3 Å². The van der Waals surface area contributed by atoms with E-state index in [1.807, 2.05) is 25.3 Å². The van der Waals surface area contributed by atoms with Crippen LogP contribution >= 0.6 is 0 Å². The van der Waals surface area contributed by atoms with Gasteiger partial charge in [-0.05, 0) is 31.7 Å². The normalized spacial score (nSPS) is 12.2. The quantitative estimate of drug-likeness (QED) is 0.748. The van der Waals surface area contributed by atoms with Crippen molar-refractivity contribution in [2.75, 3.05) is 7.11 Å². The molecule has 0 amide bonds. The van der Waals surface area contributed by atoms with E-state index in [0.29, 0.717) is 5.88 Å². The summed E-state index contributed by atoms with van der Waals surface area (Å²) in [6.07, 6.45) is 4.63. The zero-order valence-electron chi connectivity index (χ0n) is 10.1. The third kappa shape index (κ3) is 4.45. The van der Waals surface area contributed by atoms with Gasteiger partial charge in [0.15, 0.2) is 0 Å². The standard InChI is InChI=1S/C13H20N2O/c1-10(2)4-6-12(14)8-11-5-7-13(16-3)15-9-11/h5,7,9,12H,1,4,6,8,14H2,2-3H3. The van der Waals surface area contributed by atoms with Gasteiger partial charge in [0, 0.05) is 18.3 Å². The van der Waals surface area contributed by atoms with Gasteiger partial charge in [0.2, 0.25) is 5.88 Å². The lowest BCUT2D eigenvalue weighted by atomic mass is 10.0. The van der Waals surface area contributed by atoms with Crippen LogP contribution in [-0.2, 0) is 6.42 Å². The number of rotatable bonds is 6. The first-order valence-electron chi connectivity index (χ1n) is 5.50. The summed E-state index contributed by atoms with van der Waals surface area (Å²) in [4.78, 5) is 4.15. The molecule has 3 nitrogen and oxygen atoms in total. The Morgan fingerprint density at radius 1 is 1.56 bits per heavy atom. The van der Waals surface area contributed by atoms with E-state index in [1.54, 1.807) is 7.11 Å². The van der Waals surface area contributed by atoms with E-state index in [2.05, 4.69) is 11.6 Å². The summed E-state index contributed by atoms with van der Waals surface area (Å²) in [5.74, 6) is 0.638. The lowest BCUT2D eigenvalue weighted by Gasteiger charge is -2.11. The molecule has 0 spiro atoms. The van der Waals surface area contributed by atoms with Crippen molar-refractivity contribution in [3.8, 4) is 5.88 Å². The second-order valence-electron chi connectivity index (χ2n) is 4.17. The smallest absolute Gasteiger partial charge is 0.212 e. The van der Waals surface area contributed by atoms with Crippen molar-refractivity contribution in [1.82, 2.24) is 4.98 Å². The van der Waals surface area contributed by atoms with Gasteiger partial charge >= 0.3 is 0 Å². The monoisotopic (exact) mass is 220 g/mol. The largest absolute Gasteiger partial charge is 0.481 e. The maximum Gasteiger partial charge on any atom is 0.212 e. The topological polar surface area (TPSA) is 48.1 Å². The Bertz CT molecular complexity index is 332. The van der Waals surface area contributed by atoms with Gasteiger partial charge in [-0.15, -0.1) is 6.58 Å². The fourth-order valence-electron chi connectivity index (χ4n) is 1.49. The summed E-state index contributed by atoms with van der Waals surface area (Å²) < 4.78 is 5.00. The zero-order chi connectivity index (χ0) is 12.0. The van der Waals surface area contributed by atoms with Crippen molar-refractivity contribution < 1.29 is 4.74 Å². The fourth-order valence-corrected chi connectivity index (χ4v) is 1.49. The Morgan fingerprint density at radius 3 is 2.81 bits per heavy atom. The summed E-state index contributed by atoms with van der Waals surface area (Å²) in [6, 6.07) is 4.04. The van der Waals surface area contributed by atoms with Crippen LogP contribution in [0.15, 0.2) is 30.5 Å². The predicted molar refractivity (Wildman–Crippen MR) is 66.5 cm³/mol. The summed E-state index contributed by atoms with van der Waals surface area (Å²) in [5.41, 5.74) is 8.36. The summed E-state index contributed by atoms with van der Waals surface area (Å²) in [7, 11) is 1.61. The second kappa shape index (κ2) is 6.28. The third-order valence-electron chi connectivity index (χ3n) is 2.45. The van der Waals surface area contributed by atoms with Crippen molar-refractivity contribution in [1.29, 1.82) is 0 Å². The molecule has 0 radical (unpaired) electrons. The van der Waals surface area contributed by atoms with Gasteiger partial charge in [-0.3, -0.25) is 0 Å². The fraction of sp³-hybridized carbons (Fsp3) is 0.462. The molecule has 0 saturated carbocycles. The van der Waals surface area contributed by atoms with Crippen LogP contribution < -0.4 is 10.5 Å². The molecule has 1 rings (SSSR count). The van der Waals surface area contributed by atoms with E-state index >= 15 is 0 Å². The molecule has 0 saturated heterocycles. The van der Waals surface area contributed by atoms with Crippen molar-refractivity contribution in [3.05, 3.63) is 36.0 Å². The van der Waals surface area contributed by atoms with Gasteiger partial charge in [0.05, 0.1) is 7.11 Å². The number of methoxy groups -OCH3 is 1. The molecule has 0 bridgehead atoms. The minimum absolute atomic E-state index is 0.173. The first-order chi connectivity index (χ1) is 7.61. The number of nitrogens with two attached hydrogens (primary N) is 1. The molecule has 1 heterocycles. The maximum absolute atomic E-state index is 6.02. The van der Waals surface area contributed by atoms with Gasteiger partial charge < -0.3 is 10.5 Å². The zero-order valence-corrected chi connectivity index (χ0v) is 10.1. The first kappa shape index (κ1) is 12.7. The van der Waals surface area contributed by atoms with Crippen molar-refractivity contribution in [2.45, 2.75) is 32.2 Å². The van der Waals surface area contributed by atoms with Gasteiger partial charge in [-0.25, -0.2) is 4.98 Å². The second-order valence-corrected chi connectivity index (χ2v) is 4.17. The number of pyridine rings is 1. The molecule has 0 aromatic carbocycles. The molecule has 0 aliphatic carbocycles. The number of hydrogen-bond acceptors (Lipinski definition) is 3. The molecule has 88 valence electrons. The highest BCUT2D eigenvalue weighted by Gasteiger charge is 2.04. The Hall–Kier alpha value is -1.35. The molecular weight excluding hydrogens is 200 g/mol. The van der Waals surface area contributed by atoms with E-state index in [1.165, 1.54) is 5.57 Å². The number of aromatic nitrogens is 1. The molecule has 1 aromatic rings. The van der Waals surface area contributed by atoms with Crippen LogP contribution in [0.4, 0.5) is 0 Å². The first-order valence-corrected chi connectivity index (χ1v) is 5.50. The Morgan fingerprint density at radius 2 is 2.31 bits per heavy atom. The molecule has 2 N–H and O–H groups in total. The van der Waals surface area contributed by atoms with E-state index < -0.39 is 0 Å². The number of nitrogens with zero attached hydrogens (tertiary/aromatic N) is 1. The summed E-state index contributed by atoms with van der Waals surface area (Å²) in [6.45, 7) is 5.90. The Balaban J connectivity index is 2.43. The van der Waals surface area contributed by atoms with Crippen LogP contribution in [0, 0.1) is 0 Å². The molecule has 1 aromatic heterocycles. The average Bonchev–Trinajstić information content (AvgIpc) is 2.27. The summed E-state index contributed by atoms with van der Waals surface area (Å²) in [5, 5.41) is 0. The van der Waals surface area contributed by atoms with Crippen LogP contribution in [0.5, 0.6) is 5.88 Å². The van der Waals surface area contributed by atoms with E-state index in [4.69, 9.17) is 10.5 Å². The molecule has 1 atom stereocenters. The van der Waals surface area contributed by atoms with E-state index in [-0.39, 0.29) is 6.04 Å². The molecule has 0 aliphatic heterocycles. The Kier molecular flexibility index (Phi) is 4.99. The molecule has 16 heavy (non-hydrogen) atoms. The van der Waals surface area contributed by atoms with Crippen LogP contribution in [0.2, 0.25) is 0 Å². The minimum atomic E-state index is 0.173. The van der Waals surface area contributed by atoms with E-state index in [9.17, 15) is 0 Å². The Labute approximate surface area is 97.3 Å². The molecular formula is C13H20N2O. The lowest BCUT2D eigenvalue weighted by Crippen LogP contribution is -2.22. The molecule has 0 aliphatic rings. The van der Waals surface area contributed by atoms with Crippen LogP contribution in [-0.4, -0.2) is 18.1 Å². The van der Waals surface area contributed by atoms with Crippen LogP contribution in [0.3, 0.4) is 0 Å². The van der Waals surface area contributed by atoms with Crippen LogP contribution in [0.25, 0.3) is 0 Å². The third-order valence-corrected chi connectivity index (χ3v) is 2.45. The number of ether oxygens (including phenoxy) is 1. The maximum atomic E-state index is 6.02. The highest BCUT2D eigenvalue weighted by Crippen LogP contribution is 2.11. The highest BCUT2D eigenvalue weighted by molar-refractivity contribution is 5.18. The van der Waals surface area contributed by atoms with Gasteiger partial charge in [-0.1, -0.05) is 11.6 Å². The van der Waals surface area contributed by atoms with Crippen molar-refractivity contribution >= 4 is 0 Å². The molecule has 3 heteroatoms. The highest BCUT2D eigenvalue weighted by atomic mass is 16.5. The minimum Gasteiger partial charge on any atom is -0.481 e. The van der Waals surface area contributed by atoms with Crippen molar-refractivity contribution in [2.24, 2.45) is 5.73 Å². The lowest BCUT2D eigenvalue weighted by molar-refractivity contribution is 0.397. The van der Waals surface area contributed by atoms with Gasteiger partial charge in [0.25, 0.3) is 0 Å². The molecule has 0 fully saturated rings.